The number of carbonyl (C=O) groups is 5. The van der Waals surface area contributed by atoms with Crippen molar-refractivity contribution in [3.63, 3.8) is 0 Å². The summed E-state index contributed by atoms with van der Waals surface area (Å²) in [7, 11) is 0. The first-order valence-corrected chi connectivity index (χ1v) is 22.0. The minimum atomic E-state index is -0.969. The zero-order valence-corrected chi connectivity index (χ0v) is 34.5. The monoisotopic (exact) mass is 839 g/mol. The van der Waals surface area contributed by atoms with Crippen LogP contribution in [0.1, 0.15) is 88.5 Å². The number of nitrogens with one attached hydrogen (secondary N) is 2. The van der Waals surface area contributed by atoms with E-state index in [2.05, 4.69) is 46.3 Å². The number of anilines is 2. The predicted octanol–water partition coefficient (Wildman–Crippen LogP) is 3.76. The first kappa shape index (κ1) is 38.7. The van der Waals surface area contributed by atoms with E-state index in [4.69, 9.17) is 9.84 Å². The minimum absolute atomic E-state index is 0.0973. The fourth-order valence-electron chi connectivity index (χ4n) is 10.2. The molecule has 5 amide bonds. The van der Waals surface area contributed by atoms with Gasteiger partial charge in [-0.15, -0.1) is 0 Å². The van der Waals surface area contributed by atoms with Gasteiger partial charge in [0.2, 0.25) is 11.8 Å². The van der Waals surface area contributed by atoms with Crippen LogP contribution in [0.5, 0.6) is 5.75 Å². The largest absolute Gasteiger partial charge is 0.491 e. The standard InChI is InChI=1S/C45H49N11O6/c57-39-8-7-37(42(59)49-39)56-43(60)32-6-5-31(20-33(32)44(56)61)53-13-1-11-45(27-53)25-52(26-45)18-17-51-15-9-30(10-16-51)55-23-29-19-36(38(21-35(29)50-55)62-24-28-3-4-28)48-41(58)34-22-47-54-14-2-12-46-40(34)54/h2,5-6,12,14,19-23,28,30,37H,1,3-4,7-11,13,15-18,24-27H2,(H,48,58)(H,49,57,59). The molecule has 5 fully saturated rings. The van der Waals surface area contributed by atoms with Crippen LogP contribution in [0, 0.1) is 11.3 Å². The second-order valence-electron chi connectivity index (χ2n) is 18.2. The van der Waals surface area contributed by atoms with E-state index >= 15 is 0 Å². The van der Waals surface area contributed by atoms with Crippen molar-refractivity contribution < 1.29 is 28.7 Å². The van der Waals surface area contributed by atoms with Gasteiger partial charge in [0, 0.05) is 99.9 Å². The highest BCUT2D eigenvalue weighted by atomic mass is 16.5. The van der Waals surface area contributed by atoms with Crippen LogP contribution in [0.25, 0.3) is 16.6 Å². The molecule has 8 heterocycles. The molecule has 6 aliphatic rings. The van der Waals surface area contributed by atoms with E-state index in [1.54, 1.807) is 29.0 Å². The molecule has 5 aliphatic heterocycles. The molecule has 4 saturated heterocycles. The van der Waals surface area contributed by atoms with Gasteiger partial charge in [-0.3, -0.25) is 38.9 Å². The van der Waals surface area contributed by atoms with Crippen LogP contribution in [0.4, 0.5) is 11.4 Å². The van der Waals surface area contributed by atoms with E-state index in [1.807, 2.05) is 24.3 Å². The molecule has 1 atom stereocenters. The number of aromatic nitrogens is 5. The molecule has 320 valence electrons. The van der Waals surface area contributed by atoms with E-state index in [9.17, 15) is 24.0 Å². The number of ether oxygens (including phenoxy) is 1. The quantitative estimate of drug-likeness (QED) is 0.184. The summed E-state index contributed by atoms with van der Waals surface area (Å²) in [5.41, 5.74) is 4.10. The molecule has 1 saturated carbocycles. The van der Waals surface area contributed by atoms with E-state index in [-0.39, 0.29) is 36.1 Å². The highest BCUT2D eigenvalue weighted by Gasteiger charge is 2.47. The lowest BCUT2D eigenvalue weighted by Crippen LogP contribution is -2.63. The van der Waals surface area contributed by atoms with E-state index in [0.717, 1.165) is 112 Å². The number of piperidine rings is 3. The van der Waals surface area contributed by atoms with Crippen molar-refractivity contribution in [3.8, 4) is 5.75 Å². The summed E-state index contributed by atoms with van der Waals surface area (Å²) in [6.45, 7) is 8.51. The number of hydrogen-bond acceptors (Lipinski definition) is 12. The molecular formula is C45H49N11O6. The van der Waals surface area contributed by atoms with Crippen LogP contribution < -0.4 is 20.3 Å². The van der Waals surface area contributed by atoms with Crippen LogP contribution >= 0.6 is 0 Å². The molecule has 2 aromatic carbocycles. The first-order chi connectivity index (χ1) is 30.2. The van der Waals surface area contributed by atoms with Gasteiger partial charge in [0.25, 0.3) is 17.7 Å². The molecule has 3 aromatic heterocycles. The van der Waals surface area contributed by atoms with Crippen LogP contribution in [0.2, 0.25) is 0 Å². The SMILES string of the molecule is O=C1CCC(N2C(=O)c3ccc(N4CCCC5(CN(CCN6CCC(n7cc8cc(NC(=O)c9cnn%10cccnc9%10)c(OCC9CC9)cc8n7)CC6)C5)C4)cc3C2=O)C(=O)N1. The highest BCUT2D eigenvalue weighted by Crippen LogP contribution is 2.42. The molecule has 5 aromatic rings. The number of likely N-dealkylation sites (tertiary alicyclic amines) is 2. The number of carbonyl (C=O) groups excluding carboxylic acids is 5. The van der Waals surface area contributed by atoms with E-state index < -0.39 is 23.8 Å². The molecule has 0 bridgehead atoms. The van der Waals surface area contributed by atoms with Gasteiger partial charge in [-0.05, 0) is 81.2 Å². The molecule has 2 N–H and O–H groups in total. The summed E-state index contributed by atoms with van der Waals surface area (Å²) >= 11 is 0. The third-order valence-electron chi connectivity index (χ3n) is 13.8. The lowest BCUT2D eigenvalue weighted by molar-refractivity contribution is -0.136. The van der Waals surface area contributed by atoms with E-state index in [1.165, 1.54) is 6.20 Å². The number of imide groups is 2. The Balaban J connectivity index is 0.682. The summed E-state index contributed by atoms with van der Waals surface area (Å²) in [4.78, 5) is 77.2. The average molecular weight is 840 g/mol. The molecule has 17 nitrogen and oxygen atoms in total. The van der Waals surface area contributed by atoms with Crippen molar-refractivity contribution in [1.82, 2.24) is 44.4 Å². The van der Waals surface area contributed by atoms with Gasteiger partial charge in [0.15, 0.2) is 5.65 Å². The highest BCUT2D eigenvalue weighted by molar-refractivity contribution is 6.23. The molecule has 1 unspecified atom stereocenters. The van der Waals surface area contributed by atoms with Crippen LogP contribution in [0.3, 0.4) is 0 Å². The van der Waals surface area contributed by atoms with Gasteiger partial charge in [0.05, 0.1) is 41.2 Å². The Hall–Kier alpha value is -6.20. The van der Waals surface area contributed by atoms with Crippen LogP contribution in [-0.2, 0) is 9.59 Å². The molecule has 62 heavy (non-hydrogen) atoms. The summed E-state index contributed by atoms with van der Waals surface area (Å²) in [5, 5.41) is 15.6. The maximum Gasteiger partial charge on any atom is 0.262 e. The van der Waals surface area contributed by atoms with Crippen LogP contribution in [-0.4, -0.2) is 134 Å². The van der Waals surface area contributed by atoms with E-state index in [0.29, 0.717) is 46.3 Å². The second kappa shape index (κ2) is 15.3. The van der Waals surface area contributed by atoms with Crippen molar-refractivity contribution in [3.05, 3.63) is 77.9 Å². The zero-order chi connectivity index (χ0) is 42.1. The Morgan fingerprint density at radius 2 is 1.74 bits per heavy atom. The minimum Gasteiger partial charge on any atom is -0.491 e. The van der Waals surface area contributed by atoms with Gasteiger partial charge in [0.1, 0.15) is 17.4 Å². The number of rotatable bonds is 11. The molecule has 1 spiro atoms. The van der Waals surface area contributed by atoms with Gasteiger partial charge < -0.3 is 24.8 Å². The molecule has 11 rings (SSSR count). The van der Waals surface area contributed by atoms with Gasteiger partial charge in [-0.1, -0.05) is 0 Å². The number of benzene rings is 2. The fourth-order valence-corrected chi connectivity index (χ4v) is 10.2. The fraction of sp³-hybridized carbons (Fsp3) is 0.467. The molecule has 1 aliphatic carbocycles. The Morgan fingerprint density at radius 1 is 0.919 bits per heavy atom. The third-order valence-corrected chi connectivity index (χ3v) is 13.8. The summed E-state index contributed by atoms with van der Waals surface area (Å²) in [6.07, 6.45) is 13.8. The average Bonchev–Trinajstić information content (AvgIpc) is 3.76. The number of hydrogen-bond donors (Lipinski definition) is 2. The molecular weight excluding hydrogens is 791 g/mol. The van der Waals surface area contributed by atoms with Gasteiger partial charge in [-0.25, -0.2) is 9.50 Å². The Bertz CT molecular complexity index is 2640. The Labute approximate surface area is 357 Å². The normalized spacial score (nSPS) is 22.1. The Morgan fingerprint density at radius 3 is 2.56 bits per heavy atom. The maximum atomic E-state index is 13.5. The third kappa shape index (κ3) is 7.15. The smallest absolute Gasteiger partial charge is 0.262 e. The molecule has 17 heteroatoms. The lowest BCUT2D eigenvalue weighted by atomic mass is 9.73. The van der Waals surface area contributed by atoms with Gasteiger partial charge >= 0.3 is 0 Å². The predicted molar refractivity (Wildman–Crippen MR) is 227 cm³/mol. The number of fused-ring (bicyclic) bond motifs is 3. The maximum absolute atomic E-state index is 13.5. The lowest BCUT2D eigenvalue weighted by Gasteiger charge is -2.55. The zero-order valence-electron chi connectivity index (χ0n) is 34.5. The van der Waals surface area contributed by atoms with Crippen molar-refractivity contribution in [1.29, 1.82) is 0 Å². The summed E-state index contributed by atoms with van der Waals surface area (Å²) in [6, 6.07) is 10.5. The van der Waals surface area contributed by atoms with Crippen molar-refractivity contribution in [2.75, 3.05) is 69.2 Å². The van der Waals surface area contributed by atoms with Crippen LogP contribution in [0.15, 0.2) is 61.2 Å². The molecule has 0 radical (unpaired) electrons. The van der Waals surface area contributed by atoms with Gasteiger partial charge in [-0.2, -0.15) is 10.2 Å². The van der Waals surface area contributed by atoms with Crippen molar-refractivity contribution in [2.45, 2.75) is 63.5 Å². The van der Waals surface area contributed by atoms with Crippen molar-refractivity contribution in [2.24, 2.45) is 11.3 Å². The first-order valence-electron chi connectivity index (χ1n) is 22.0. The number of nitrogens with zero attached hydrogens (tertiary/aromatic N) is 9. The summed E-state index contributed by atoms with van der Waals surface area (Å²) < 4.78 is 9.95. The topological polar surface area (TPSA) is 180 Å². The second-order valence-corrected chi connectivity index (χ2v) is 18.2. The number of amides is 5. The Kier molecular flexibility index (Phi) is 9.55. The summed E-state index contributed by atoms with van der Waals surface area (Å²) in [5.74, 6) is -1.05. The van der Waals surface area contributed by atoms with Crippen molar-refractivity contribution >= 4 is 57.5 Å².